The molecule has 0 heterocycles. The molecule has 1 fully saturated rings. The molecule has 0 aliphatic heterocycles. The van der Waals surface area contributed by atoms with E-state index in [0.717, 1.165) is 19.0 Å². The lowest BCUT2D eigenvalue weighted by Gasteiger charge is -2.23. The summed E-state index contributed by atoms with van der Waals surface area (Å²) in [7, 11) is 0. The fourth-order valence-corrected chi connectivity index (χ4v) is 3.20. The molecule has 1 aromatic rings. The van der Waals surface area contributed by atoms with Gasteiger partial charge in [-0.25, -0.2) is 0 Å². The van der Waals surface area contributed by atoms with Crippen LogP contribution in [-0.4, -0.2) is 19.1 Å². The second-order valence-corrected chi connectivity index (χ2v) is 5.70. The van der Waals surface area contributed by atoms with Gasteiger partial charge in [-0.2, -0.15) is 0 Å². The molecule has 0 radical (unpaired) electrons. The average Bonchev–Trinajstić information content (AvgIpc) is 2.96. The Kier molecular flexibility index (Phi) is 5.12. The standard InChI is InChI=1S/C17H28N2/c1-4-19(5-2)17-12-10-16(11-13-17)18-14(3)15-8-6-7-9-15/h10-15,18H,4-9H2,1-3H3. The fraction of sp³-hybridized carbons (Fsp3) is 0.647. The molecule has 1 aliphatic rings. The summed E-state index contributed by atoms with van der Waals surface area (Å²) in [6.45, 7) is 8.88. The van der Waals surface area contributed by atoms with Crippen LogP contribution in [0.1, 0.15) is 46.5 Å². The third-order valence-corrected chi connectivity index (χ3v) is 4.50. The van der Waals surface area contributed by atoms with Crippen molar-refractivity contribution in [2.45, 2.75) is 52.5 Å². The van der Waals surface area contributed by atoms with Crippen molar-refractivity contribution in [2.24, 2.45) is 5.92 Å². The van der Waals surface area contributed by atoms with Gasteiger partial charge in [-0.1, -0.05) is 12.8 Å². The SMILES string of the molecule is CCN(CC)c1ccc(NC(C)C2CCCC2)cc1. The zero-order valence-electron chi connectivity index (χ0n) is 12.7. The number of anilines is 2. The largest absolute Gasteiger partial charge is 0.382 e. The molecule has 1 aliphatic carbocycles. The number of nitrogens with one attached hydrogen (secondary N) is 1. The first-order valence-corrected chi connectivity index (χ1v) is 7.86. The molecule has 0 saturated heterocycles. The molecule has 1 N–H and O–H groups in total. The van der Waals surface area contributed by atoms with Crippen molar-refractivity contribution >= 4 is 11.4 Å². The Morgan fingerprint density at radius 3 is 2.21 bits per heavy atom. The predicted octanol–water partition coefficient (Wildman–Crippen LogP) is 4.52. The number of benzene rings is 1. The highest BCUT2D eigenvalue weighted by molar-refractivity contribution is 5.55. The molecule has 19 heavy (non-hydrogen) atoms. The molecule has 2 heteroatoms. The van der Waals surface area contributed by atoms with Crippen molar-refractivity contribution < 1.29 is 0 Å². The van der Waals surface area contributed by atoms with Gasteiger partial charge in [0.1, 0.15) is 0 Å². The quantitative estimate of drug-likeness (QED) is 0.808. The first-order chi connectivity index (χ1) is 9.24. The average molecular weight is 260 g/mol. The minimum atomic E-state index is 0.599. The van der Waals surface area contributed by atoms with Gasteiger partial charge in [0.2, 0.25) is 0 Å². The summed E-state index contributed by atoms with van der Waals surface area (Å²) in [6, 6.07) is 9.51. The lowest BCUT2D eigenvalue weighted by molar-refractivity contribution is 0.482. The molecule has 1 unspecified atom stereocenters. The van der Waals surface area contributed by atoms with Crippen molar-refractivity contribution in [1.82, 2.24) is 0 Å². The zero-order valence-corrected chi connectivity index (χ0v) is 12.7. The lowest BCUT2D eigenvalue weighted by atomic mass is 9.99. The Morgan fingerprint density at radius 2 is 1.68 bits per heavy atom. The Labute approximate surface area is 118 Å². The zero-order chi connectivity index (χ0) is 13.7. The second-order valence-electron chi connectivity index (χ2n) is 5.70. The molecule has 1 saturated carbocycles. The number of hydrogen-bond donors (Lipinski definition) is 1. The normalized spacial score (nSPS) is 17.4. The maximum atomic E-state index is 3.67. The monoisotopic (exact) mass is 260 g/mol. The molecule has 1 atom stereocenters. The molecule has 1 aromatic carbocycles. The van der Waals surface area contributed by atoms with Crippen LogP contribution in [-0.2, 0) is 0 Å². The summed E-state index contributed by atoms with van der Waals surface area (Å²) in [6.07, 6.45) is 5.62. The van der Waals surface area contributed by atoms with Crippen molar-refractivity contribution in [3.63, 3.8) is 0 Å². The Balaban J connectivity index is 1.94. The van der Waals surface area contributed by atoms with Crippen LogP contribution < -0.4 is 10.2 Å². The van der Waals surface area contributed by atoms with Gasteiger partial charge in [-0.15, -0.1) is 0 Å². The first kappa shape index (κ1) is 14.2. The Morgan fingerprint density at radius 1 is 1.11 bits per heavy atom. The van der Waals surface area contributed by atoms with Crippen LogP contribution in [0.4, 0.5) is 11.4 Å². The maximum Gasteiger partial charge on any atom is 0.0367 e. The molecule has 0 bridgehead atoms. The number of hydrogen-bond acceptors (Lipinski definition) is 2. The van der Waals surface area contributed by atoms with Gasteiger partial charge < -0.3 is 10.2 Å². The molecular weight excluding hydrogens is 232 g/mol. The predicted molar refractivity (Wildman–Crippen MR) is 85.0 cm³/mol. The van der Waals surface area contributed by atoms with Crippen LogP contribution in [0.25, 0.3) is 0 Å². The lowest BCUT2D eigenvalue weighted by Crippen LogP contribution is -2.24. The topological polar surface area (TPSA) is 15.3 Å². The van der Waals surface area contributed by atoms with Crippen molar-refractivity contribution in [3.8, 4) is 0 Å². The van der Waals surface area contributed by atoms with E-state index in [9.17, 15) is 0 Å². The minimum absolute atomic E-state index is 0.599. The van der Waals surface area contributed by atoms with E-state index in [-0.39, 0.29) is 0 Å². The number of rotatable bonds is 6. The van der Waals surface area contributed by atoms with E-state index in [1.165, 1.54) is 37.1 Å². The molecule has 2 rings (SSSR count). The fourth-order valence-electron chi connectivity index (χ4n) is 3.20. The Hall–Kier alpha value is -1.18. The summed E-state index contributed by atoms with van der Waals surface area (Å²) < 4.78 is 0. The molecule has 106 valence electrons. The van der Waals surface area contributed by atoms with Crippen LogP contribution in [0.3, 0.4) is 0 Å². The van der Waals surface area contributed by atoms with Crippen molar-refractivity contribution in [2.75, 3.05) is 23.3 Å². The summed E-state index contributed by atoms with van der Waals surface area (Å²) in [5, 5.41) is 3.67. The van der Waals surface area contributed by atoms with Crippen LogP contribution in [0, 0.1) is 5.92 Å². The Bertz CT molecular complexity index is 361. The van der Waals surface area contributed by atoms with E-state index in [1.807, 2.05) is 0 Å². The summed E-state index contributed by atoms with van der Waals surface area (Å²) in [4.78, 5) is 2.38. The van der Waals surface area contributed by atoms with Gasteiger partial charge in [-0.05, 0) is 63.8 Å². The molecule has 0 amide bonds. The van der Waals surface area contributed by atoms with Gasteiger partial charge >= 0.3 is 0 Å². The van der Waals surface area contributed by atoms with Gasteiger partial charge in [0.15, 0.2) is 0 Å². The summed E-state index contributed by atoms with van der Waals surface area (Å²) >= 11 is 0. The van der Waals surface area contributed by atoms with Gasteiger partial charge in [0.05, 0.1) is 0 Å². The van der Waals surface area contributed by atoms with Crippen molar-refractivity contribution in [1.29, 1.82) is 0 Å². The molecule has 0 spiro atoms. The molecular formula is C17H28N2. The van der Waals surface area contributed by atoms with Gasteiger partial charge in [0.25, 0.3) is 0 Å². The molecule has 2 nitrogen and oxygen atoms in total. The van der Waals surface area contributed by atoms with Crippen LogP contribution in [0.2, 0.25) is 0 Å². The third kappa shape index (κ3) is 3.65. The van der Waals surface area contributed by atoms with Crippen LogP contribution in [0.15, 0.2) is 24.3 Å². The van der Waals surface area contributed by atoms with E-state index >= 15 is 0 Å². The van der Waals surface area contributed by atoms with Crippen LogP contribution >= 0.6 is 0 Å². The summed E-state index contributed by atoms with van der Waals surface area (Å²) in [5.41, 5.74) is 2.58. The van der Waals surface area contributed by atoms with Crippen LogP contribution in [0.5, 0.6) is 0 Å². The molecule has 0 aromatic heterocycles. The van der Waals surface area contributed by atoms with Crippen molar-refractivity contribution in [3.05, 3.63) is 24.3 Å². The minimum Gasteiger partial charge on any atom is -0.382 e. The van der Waals surface area contributed by atoms with E-state index in [4.69, 9.17) is 0 Å². The smallest absolute Gasteiger partial charge is 0.0367 e. The van der Waals surface area contributed by atoms with E-state index in [1.54, 1.807) is 0 Å². The van der Waals surface area contributed by atoms with E-state index in [2.05, 4.69) is 55.3 Å². The first-order valence-electron chi connectivity index (χ1n) is 7.86. The third-order valence-electron chi connectivity index (χ3n) is 4.50. The number of nitrogens with zero attached hydrogens (tertiary/aromatic N) is 1. The van der Waals surface area contributed by atoms with E-state index < -0.39 is 0 Å². The van der Waals surface area contributed by atoms with Gasteiger partial charge in [-0.3, -0.25) is 0 Å². The maximum absolute atomic E-state index is 3.67. The van der Waals surface area contributed by atoms with E-state index in [0.29, 0.717) is 6.04 Å². The highest BCUT2D eigenvalue weighted by Gasteiger charge is 2.21. The summed E-state index contributed by atoms with van der Waals surface area (Å²) in [5.74, 6) is 0.863. The highest BCUT2D eigenvalue weighted by atomic mass is 15.1. The van der Waals surface area contributed by atoms with Gasteiger partial charge in [0, 0.05) is 30.5 Å². The highest BCUT2D eigenvalue weighted by Crippen LogP contribution is 2.29. The second kappa shape index (κ2) is 6.83.